The molecule has 0 fully saturated rings. The molecular formula is C16H19N5O4. The Kier molecular flexibility index (Phi) is 5.58. The lowest BCUT2D eigenvalue weighted by molar-refractivity contribution is -0.149. The molecule has 0 saturated heterocycles. The number of amides is 2. The molecule has 0 aliphatic heterocycles. The predicted octanol–water partition coefficient (Wildman–Crippen LogP) is 0.470. The molecule has 9 heteroatoms. The Hall–Kier alpha value is -3.10. The van der Waals surface area contributed by atoms with E-state index >= 15 is 0 Å². The number of ether oxygens (including phenoxy) is 1. The van der Waals surface area contributed by atoms with Gasteiger partial charge in [-0.25, -0.2) is 4.68 Å². The number of benzene rings is 1. The van der Waals surface area contributed by atoms with E-state index in [1.165, 1.54) is 6.33 Å². The average Bonchev–Trinajstić information content (AvgIpc) is 3.05. The van der Waals surface area contributed by atoms with E-state index in [0.29, 0.717) is 5.56 Å². The maximum absolute atomic E-state index is 12.0. The Morgan fingerprint density at radius 1 is 1.16 bits per heavy atom. The number of aromatic nitrogens is 4. The van der Waals surface area contributed by atoms with Gasteiger partial charge in [-0.15, -0.1) is 5.10 Å². The van der Waals surface area contributed by atoms with Crippen LogP contribution < -0.4 is 5.32 Å². The molecule has 132 valence electrons. The van der Waals surface area contributed by atoms with Gasteiger partial charge in [0.25, 0.3) is 11.8 Å². The van der Waals surface area contributed by atoms with E-state index < -0.39 is 24.4 Å². The Bertz CT molecular complexity index is 748. The molecule has 1 heterocycles. The number of nitrogens with one attached hydrogen (secondary N) is 1. The number of tetrazole rings is 1. The molecule has 1 N–H and O–H groups in total. The molecule has 0 spiro atoms. The summed E-state index contributed by atoms with van der Waals surface area (Å²) in [6.07, 6.45) is 1.24. The van der Waals surface area contributed by atoms with Crippen LogP contribution >= 0.6 is 0 Å². The average molecular weight is 345 g/mol. The van der Waals surface area contributed by atoms with Crippen LogP contribution in [0.1, 0.15) is 36.7 Å². The highest BCUT2D eigenvalue weighted by atomic mass is 16.5. The Morgan fingerprint density at radius 3 is 2.40 bits per heavy atom. The third-order valence-electron chi connectivity index (χ3n) is 3.31. The maximum Gasteiger partial charge on any atom is 0.328 e. The fraction of sp³-hybridized carbons (Fsp3) is 0.375. The predicted molar refractivity (Wildman–Crippen MR) is 86.4 cm³/mol. The molecule has 0 bridgehead atoms. The molecule has 0 atom stereocenters. The molecule has 2 aromatic rings. The first kappa shape index (κ1) is 18.2. The molecule has 1 aromatic carbocycles. The van der Waals surface area contributed by atoms with Crippen molar-refractivity contribution in [1.29, 1.82) is 0 Å². The van der Waals surface area contributed by atoms with Crippen LogP contribution in [0.4, 0.5) is 0 Å². The maximum atomic E-state index is 12.0. The van der Waals surface area contributed by atoms with Gasteiger partial charge in [-0.3, -0.25) is 19.7 Å². The molecule has 9 nitrogen and oxygen atoms in total. The first-order chi connectivity index (χ1) is 11.8. The molecule has 0 unspecified atom stereocenters. The summed E-state index contributed by atoms with van der Waals surface area (Å²) < 4.78 is 5.91. The zero-order valence-electron chi connectivity index (χ0n) is 14.2. The van der Waals surface area contributed by atoms with Crippen molar-refractivity contribution in [3.8, 4) is 0 Å². The van der Waals surface area contributed by atoms with Crippen molar-refractivity contribution in [2.24, 2.45) is 0 Å². The highest BCUT2D eigenvalue weighted by Crippen LogP contribution is 2.22. The van der Waals surface area contributed by atoms with E-state index in [2.05, 4.69) is 41.6 Å². The summed E-state index contributed by atoms with van der Waals surface area (Å²) in [6.45, 7) is 5.41. The smallest absolute Gasteiger partial charge is 0.328 e. The van der Waals surface area contributed by atoms with Crippen LogP contribution in [0.2, 0.25) is 0 Å². The highest BCUT2D eigenvalue weighted by molar-refractivity contribution is 6.05. The zero-order valence-corrected chi connectivity index (χ0v) is 14.2. The third kappa shape index (κ3) is 5.48. The van der Waals surface area contributed by atoms with Gasteiger partial charge >= 0.3 is 5.97 Å². The lowest BCUT2D eigenvalue weighted by Gasteiger charge is -2.18. The van der Waals surface area contributed by atoms with Gasteiger partial charge in [-0.2, -0.15) is 0 Å². The van der Waals surface area contributed by atoms with Crippen molar-refractivity contribution < 1.29 is 19.1 Å². The van der Waals surface area contributed by atoms with Gasteiger partial charge in [0.15, 0.2) is 6.61 Å². The van der Waals surface area contributed by atoms with Crippen LogP contribution in [0.15, 0.2) is 30.6 Å². The minimum atomic E-state index is -0.713. The number of hydrogen-bond acceptors (Lipinski definition) is 7. The summed E-state index contributed by atoms with van der Waals surface area (Å²) in [7, 11) is 0. The summed E-state index contributed by atoms with van der Waals surface area (Å²) in [4.78, 5) is 35.2. The molecule has 0 aliphatic carbocycles. The van der Waals surface area contributed by atoms with Gasteiger partial charge in [0.1, 0.15) is 12.9 Å². The molecule has 2 amide bonds. The van der Waals surface area contributed by atoms with E-state index in [0.717, 1.165) is 10.2 Å². The monoisotopic (exact) mass is 345 g/mol. The fourth-order valence-electron chi connectivity index (χ4n) is 1.93. The quantitative estimate of drug-likeness (QED) is 0.783. The zero-order chi connectivity index (χ0) is 18.4. The van der Waals surface area contributed by atoms with Gasteiger partial charge in [0.05, 0.1) is 0 Å². The standard InChI is InChI=1S/C16H19N5O4/c1-16(2,3)12-6-4-11(5-7-12)15(24)18-13(22)9-25-14(23)8-21-10-17-19-20-21/h4-7,10H,8-9H2,1-3H3,(H,18,22,24). The largest absolute Gasteiger partial charge is 0.454 e. The molecular weight excluding hydrogens is 326 g/mol. The lowest BCUT2D eigenvalue weighted by Crippen LogP contribution is -2.34. The summed E-state index contributed by atoms with van der Waals surface area (Å²) in [6, 6.07) is 6.97. The van der Waals surface area contributed by atoms with Gasteiger partial charge < -0.3 is 4.74 Å². The molecule has 2 rings (SSSR count). The van der Waals surface area contributed by atoms with E-state index in [4.69, 9.17) is 4.74 Å². The van der Waals surface area contributed by atoms with Crippen molar-refractivity contribution in [3.63, 3.8) is 0 Å². The lowest BCUT2D eigenvalue weighted by atomic mass is 9.87. The third-order valence-corrected chi connectivity index (χ3v) is 3.31. The molecule has 1 aromatic heterocycles. The van der Waals surface area contributed by atoms with Crippen molar-refractivity contribution in [3.05, 3.63) is 41.7 Å². The number of nitrogens with zero attached hydrogens (tertiary/aromatic N) is 4. The van der Waals surface area contributed by atoms with E-state index in [1.807, 2.05) is 12.1 Å². The highest BCUT2D eigenvalue weighted by Gasteiger charge is 2.16. The Morgan fingerprint density at radius 2 is 1.84 bits per heavy atom. The number of rotatable bonds is 5. The van der Waals surface area contributed by atoms with E-state index in [1.54, 1.807) is 12.1 Å². The second kappa shape index (κ2) is 7.65. The topological polar surface area (TPSA) is 116 Å². The van der Waals surface area contributed by atoms with Crippen LogP contribution in [-0.4, -0.2) is 44.6 Å². The number of carbonyl (C=O) groups is 3. The minimum absolute atomic E-state index is 0.0291. The Labute approximate surface area is 144 Å². The van der Waals surface area contributed by atoms with E-state index in [-0.39, 0.29) is 12.0 Å². The molecule has 0 radical (unpaired) electrons. The van der Waals surface area contributed by atoms with Crippen molar-refractivity contribution in [1.82, 2.24) is 25.5 Å². The van der Waals surface area contributed by atoms with Gasteiger partial charge in [-0.1, -0.05) is 32.9 Å². The second-order valence-corrected chi connectivity index (χ2v) is 6.37. The van der Waals surface area contributed by atoms with Crippen LogP contribution in [0.5, 0.6) is 0 Å². The fourth-order valence-corrected chi connectivity index (χ4v) is 1.93. The van der Waals surface area contributed by atoms with Gasteiger partial charge in [0, 0.05) is 5.56 Å². The van der Waals surface area contributed by atoms with Crippen LogP contribution in [0.3, 0.4) is 0 Å². The number of imide groups is 1. The minimum Gasteiger partial charge on any atom is -0.454 e. The molecule has 0 aliphatic rings. The Balaban J connectivity index is 1.81. The summed E-state index contributed by atoms with van der Waals surface area (Å²) in [5.41, 5.74) is 1.40. The van der Waals surface area contributed by atoms with Crippen molar-refractivity contribution in [2.45, 2.75) is 32.7 Å². The number of hydrogen-bond donors (Lipinski definition) is 1. The summed E-state index contributed by atoms with van der Waals surface area (Å²) >= 11 is 0. The summed E-state index contributed by atoms with van der Waals surface area (Å²) in [5.74, 6) is -1.96. The van der Waals surface area contributed by atoms with Crippen LogP contribution in [0.25, 0.3) is 0 Å². The normalized spacial score (nSPS) is 11.0. The number of carbonyl (C=O) groups excluding carboxylic acids is 3. The summed E-state index contributed by atoms with van der Waals surface area (Å²) in [5, 5.41) is 12.4. The van der Waals surface area contributed by atoms with Crippen LogP contribution in [0, 0.1) is 0 Å². The van der Waals surface area contributed by atoms with Crippen molar-refractivity contribution >= 4 is 17.8 Å². The number of esters is 1. The molecule has 0 saturated carbocycles. The SMILES string of the molecule is CC(C)(C)c1ccc(C(=O)NC(=O)COC(=O)Cn2cnnn2)cc1. The van der Waals surface area contributed by atoms with E-state index in [9.17, 15) is 14.4 Å². The first-order valence-electron chi connectivity index (χ1n) is 7.57. The molecule has 25 heavy (non-hydrogen) atoms. The second-order valence-electron chi connectivity index (χ2n) is 6.37. The van der Waals surface area contributed by atoms with Gasteiger partial charge in [0.2, 0.25) is 0 Å². The van der Waals surface area contributed by atoms with Gasteiger partial charge in [-0.05, 0) is 33.5 Å². The first-order valence-corrected chi connectivity index (χ1v) is 7.57. The van der Waals surface area contributed by atoms with Crippen molar-refractivity contribution in [2.75, 3.05) is 6.61 Å². The van der Waals surface area contributed by atoms with Crippen LogP contribution in [-0.2, 0) is 26.3 Å².